The number of rotatable bonds is 2. The maximum atomic E-state index is 14.0. The van der Waals surface area contributed by atoms with Crippen LogP contribution in [0.25, 0.3) is 0 Å². The van der Waals surface area contributed by atoms with Crippen LogP contribution >= 0.6 is 11.8 Å². The number of amides is 2. The Morgan fingerprint density at radius 2 is 1.75 bits per heavy atom. The zero-order valence-corrected chi connectivity index (χ0v) is 16.7. The van der Waals surface area contributed by atoms with Crippen LogP contribution in [0.4, 0.5) is 4.39 Å². The maximum Gasteiger partial charge on any atom is 0.256 e. The van der Waals surface area contributed by atoms with Gasteiger partial charge in [0, 0.05) is 31.0 Å². The number of carbonyl (C=O) groups is 2. The third-order valence-corrected chi connectivity index (χ3v) is 7.18. The molecule has 2 aliphatic rings. The molecule has 0 radical (unpaired) electrons. The molecule has 0 aliphatic carbocycles. The van der Waals surface area contributed by atoms with E-state index in [0.717, 1.165) is 17.9 Å². The van der Waals surface area contributed by atoms with Gasteiger partial charge in [-0.1, -0.05) is 29.8 Å². The normalized spacial score (nSPS) is 18.5. The number of likely N-dealkylation sites (tertiary alicyclic amines) is 1. The molecule has 2 aliphatic heterocycles. The van der Waals surface area contributed by atoms with Crippen LogP contribution in [0.5, 0.6) is 0 Å². The SMILES string of the molecule is Cc1cccc(C(=O)N2CCSC23CCN(C(=O)c2ccccc2F)CC3)c1. The lowest BCUT2D eigenvalue weighted by atomic mass is 9.99. The maximum absolute atomic E-state index is 14.0. The van der Waals surface area contributed by atoms with Crippen LogP contribution in [0.2, 0.25) is 0 Å². The molecular formula is C22H23FN2O2S. The van der Waals surface area contributed by atoms with E-state index < -0.39 is 5.82 Å². The first-order valence-corrected chi connectivity index (χ1v) is 10.6. The van der Waals surface area contributed by atoms with Gasteiger partial charge in [0.25, 0.3) is 11.8 Å². The fourth-order valence-electron chi connectivity index (χ4n) is 4.11. The lowest BCUT2D eigenvalue weighted by Gasteiger charge is -2.44. The summed E-state index contributed by atoms with van der Waals surface area (Å²) in [5.74, 6) is 0.202. The van der Waals surface area contributed by atoms with Crippen molar-refractivity contribution in [2.45, 2.75) is 24.6 Å². The van der Waals surface area contributed by atoms with Gasteiger partial charge in [0.1, 0.15) is 5.82 Å². The van der Waals surface area contributed by atoms with Gasteiger partial charge in [-0.2, -0.15) is 0 Å². The van der Waals surface area contributed by atoms with E-state index in [1.807, 2.05) is 36.1 Å². The highest BCUT2D eigenvalue weighted by Gasteiger charge is 2.47. The molecule has 0 bridgehead atoms. The van der Waals surface area contributed by atoms with Crippen LogP contribution in [0, 0.1) is 12.7 Å². The van der Waals surface area contributed by atoms with Gasteiger partial charge in [0.05, 0.1) is 10.4 Å². The Hall–Kier alpha value is -2.34. The second kappa shape index (κ2) is 7.59. The number of hydrogen-bond donors (Lipinski definition) is 0. The molecule has 0 saturated carbocycles. The number of hydrogen-bond acceptors (Lipinski definition) is 3. The molecule has 146 valence electrons. The fourth-order valence-corrected chi connectivity index (χ4v) is 5.56. The molecule has 0 unspecified atom stereocenters. The Balaban J connectivity index is 1.49. The summed E-state index contributed by atoms with van der Waals surface area (Å²) >= 11 is 1.81. The lowest BCUT2D eigenvalue weighted by molar-refractivity contribution is 0.0496. The van der Waals surface area contributed by atoms with Crippen LogP contribution < -0.4 is 0 Å². The highest BCUT2D eigenvalue weighted by Crippen LogP contribution is 2.44. The van der Waals surface area contributed by atoms with Gasteiger partial charge >= 0.3 is 0 Å². The number of aryl methyl sites for hydroxylation is 1. The number of piperidine rings is 1. The zero-order valence-electron chi connectivity index (χ0n) is 15.9. The van der Waals surface area contributed by atoms with Gasteiger partial charge < -0.3 is 9.80 Å². The van der Waals surface area contributed by atoms with Crippen molar-refractivity contribution in [3.05, 3.63) is 71.0 Å². The summed E-state index contributed by atoms with van der Waals surface area (Å²) in [7, 11) is 0. The van der Waals surface area contributed by atoms with E-state index in [2.05, 4.69) is 0 Å². The van der Waals surface area contributed by atoms with Crippen LogP contribution in [0.3, 0.4) is 0 Å². The molecule has 2 amide bonds. The number of thioether (sulfide) groups is 1. The number of carbonyl (C=O) groups excluding carboxylic acids is 2. The second-order valence-corrected chi connectivity index (χ2v) is 8.85. The van der Waals surface area contributed by atoms with Gasteiger partial charge in [0.2, 0.25) is 0 Å². The smallest absolute Gasteiger partial charge is 0.256 e. The topological polar surface area (TPSA) is 40.6 Å². The van der Waals surface area contributed by atoms with Crippen LogP contribution in [0.1, 0.15) is 39.1 Å². The van der Waals surface area contributed by atoms with Crippen molar-refractivity contribution in [1.82, 2.24) is 9.80 Å². The predicted molar refractivity (Wildman–Crippen MR) is 109 cm³/mol. The largest absolute Gasteiger partial charge is 0.338 e. The zero-order chi connectivity index (χ0) is 19.7. The summed E-state index contributed by atoms with van der Waals surface area (Å²) in [6, 6.07) is 13.8. The fraction of sp³-hybridized carbons (Fsp3) is 0.364. The van der Waals surface area contributed by atoms with Crippen molar-refractivity contribution in [2.75, 3.05) is 25.4 Å². The van der Waals surface area contributed by atoms with Crippen molar-refractivity contribution in [3.63, 3.8) is 0 Å². The van der Waals surface area contributed by atoms with Crippen LogP contribution in [-0.2, 0) is 0 Å². The van der Waals surface area contributed by atoms with Crippen molar-refractivity contribution in [2.24, 2.45) is 0 Å². The van der Waals surface area contributed by atoms with Crippen molar-refractivity contribution in [1.29, 1.82) is 0 Å². The lowest BCUT2D eigenvalue weighted by Crippen LogP contribution is -2.53. The highest BCUT2D eigenvalue weighted by atomic mass is 32.2. The summed E-state index contributed by atoms with van der Waals surface area (Å²) in [5.41, 5.74) is 1.90. The van der Waals surface area contributed by atoms with E-state index in [9.17, 15) is 14.0 Å². The molecule has 2 heterocycles. The highest BCUT2D eigenvalue weighted by molar-refractivity contribution is 8.00. The molecule has 4 rings (SSSR count). The molecule has 0 aromatic heterocycles. The Labute approximate surface area is 168 Å². The molecule has 2 aromatic rings. The van der Waals surface area contributed by atoms with Crippen molar-refractivity contribution < 1.29 is 14.0 Å². The van der Waals surface area contributed by atoms with Gasteiger partial charge in [-0.15, -0.1) is 11.8 Å². The summed E-state index contributed by atoms with van der Waals surface area (Å²) in [4.78, 5) is 29.3. The molecule has 2 fully saturated rings. The molecular weight excluding hydrogens is 375 g/mol. The molecule has 6 heteroatoms. The number of halogens is 1. The molecule has 1 spiro atoms. The Kier molecular flexibility index (Phi) is 5.15. The third kappa shape index (κ3) is 3.41. The Morgan fingerprint density at radius 3 is 2.46 bits per heavy atom. The van der Waals surface area contributed by atoms with Gasteiger partial charge in [-0.3, -0.25) is 9.59 Å². The molecule has 28 heavy (non-hydrogen) atoms. The molecule has 0 N–H and O–H groups in total. The monoisotopic (exact) mass is 398 g/mol. The predicted octanol–water partition coefficient (Wildman–Crippen LogP) is 3.96. The van der Waals surface area contributed by atoms with E-state index in [1.54, 1.807) is 28.8 Å². The number of benzene rings is 2. The van der Waals surface area contributed by atoms with Crippen molar-refractivity contribution in [3.8, 4) is 0 Å². The average Bonchev–Trinajstić information content (AvgIpc) is 3.11. The summed E-state index contributed by atoms with van der Waals surface area (Å²) < 4.78 is 14.0. The summed E-state index contributed by atoms with van der Waals surface area (Å²) in [5, 5.41) is 0. The second-order valence-electron chi connectivity index (χ2n) is 7.39. The van der Waals surface area contributed by atoms with E-state index in [0.29, 0.717) is 31.5 Å². The number of nitrogens with zero attached hydrogens (tertiary/aromatic N) is 2. The third-order valence-electron chi connectivity index (χ3n) is 5.62. The minimum absolute atomic E-state index is 0.0579. The first-order chi connectivity index (χ1) is 13.5. The van der Waals surface area contributed by atoms with Crippen LogP contribution in [-0.4, -0.2) is 51.9 Å². The first kappa shape index (κ1) is 19.0. The van der Waals surface area contributed by atoms with E-state index in [-0.39, 0.29) is 22.2 Å². The van der Waals surface area contributed by atoms with Gasteiger partial charge in [-0.25, -0.2) is 4.39 Å². The van der Waals surface area contributed by atoms with Gasteiger partial charge in [-0.05, 0) is 44.0 Å². The summed E-state index contributed by atoms with van der Waals surface area (Å²) in [6.45, 7) is 3.76. The summed E-state index contributed by atoms with van der Waals surface area (Å²) in [6.07, 6.45) is 1.41. The minimum atomic E-state index is -0.487. The molecule has 2 aromatic carbocycles. The van der Waals surface area contributed by atoms with Crippen molar-refractivity contribution >= 4 is 23.6 Å². The molecule has 0 atom stereocenters. The molecule has 4 nitrogen and oxygen atoms in total. The van der Waals surface area contributed by atoms with E-state index >= 15 is 0 Å². The van der Waals surface area contributed by atoms with E-state index in [1.165, 1.54) is 12.1 Å². The minimum Gasteiger partial charge on any atom is -0.338 e. The first-order valence-electron chi connectivity index (χ1n) is 9.57. The van der Waals surface area contributed by atoms with Crippen LogP contribution in [0.15, 0.2) is 48.5 Å². The molecule has 2 saturated heterocycles. The van der Waals surface area contributed by atoms with Gasteiger partial charge in [0.15, 0.2) is 0 Å². The Bertz CT molecular complexity index is 909. The quantitative estimate of drug-likeness (QED) is 0.769. The average molecular weight is 399 g/mol. The van der Waals surface area contributed by atoms with E-state index in [4.69, 9.17) is 0 Å². The standard InChI is InChI=1S/C22H23FN2O2S/c1-16-5-4-6-17(15-16)20(26)25-13-14-28-22(25)9-11-24(12-10-22)21(27)18-7-2-3-8-19(18)23/h2-8,15H,9-14H2,1H3. The Morgan fingerprint density at radius 1 is 1.00 bits per heavy atom.